The van der Waals surface area contributed by atoms with Crippen LogP contribution >= 0.6 is 23.2 Å². The van der Waals surface area contributed by atoms with Crippen LogP contribution in [0.15, 0.2) is 42.5 Å². The van der Waals surface area contributed by atoms with Crippen molar-refractivity contribution in [1.29, 1.82) is 0 Å². The summed E-state index contributed by atoms with van der Waals surface area (Å²) in [7, 11) is 1.77. The molecule has 3 rings (SSSR count). The second-order valence-corrected chi connectivity index (χ2v) is 7.69. The summed E-state index contributed by atoms with van der Waals surface area (Å²) in [4.78, 5) is 26.1. The predicted molar refractivity (Wildman–Crippen MR) is 108 cm³/mol. The number of benzene rings is 2. The number of carbonyl (C=O) groups excluding carboxylic acids is 2. The molecule has 0 bridgehead atoms. The molecule has 1 fully saturated rings. The van der Waals surface area contributed by atoms with Crippen LogP contribution in [0.5, 0.6) is 0 Å². The molecule has 2 aromatic carbocycles. The van der Waals surface area contributed by atoms with E-state index in [0.717, 1.165) is 24.0 Å². The Morgan fingerprint density at radius 2 is 1.81 bits per heavy atom. The van der Waals surface area contributed by atoms with Crippen LogP contribution in [-0.2, 0) is 17.8 Å². The van der Waals surface area contributed by atoms with Gasteiger partial charge in [-0.1, -0.05) is 47.5 Å². The van der Waals surface area contributed by atoms with E-state index in [1.807, 2.05) is 24.3 Å². The first-order chi connectivity index (χ1) is 12.9. The fraction of sp³-hybridized carbons (Fsp3) is 0.333. The molecule has 0 saturated heterocycles. The van der Waals surface area contributed by atoms with Crippen molar-refractivity contribution < 1.29 is 9.59 Å². The maximum Gasteiger partial charge on any atom is 0.251 e. The number of hydrogen-bond acceptors (Lipinski definition) is 2. The molecule has 6 heteroatoms. The Hall–Kier alpha value is -2.04. The molecule has 142 valence electrons. The van der Waals surface area contributed by atoms with Crippen LogP contribution in [0.1, 0.15) is 40.7 Å². The Kier molecular flexibility index (Phi) is 6.40. The highest BCUT2D eigenvalue weighted by atomic mass is 35.5. The number of hydrogen-bond donors (Lipinski definition) is 1. The minimum atomic E-state index is -0.0353. The van der Waals surface area contributed by atoms with Crippen LogP contribution in [0.3, 0.4) is 0 Å². The molecule has 0 spiro atoms. The topological polar surface area (TPSA) is 49.4 Å². The standard InChI is InChI=1S/C21H22Cl2N2O2/c1-25(19(26)12-9-15-3-2-4-18(22)20(15)23)13-14-5-7-16(8-6-14)21(27)24-17-10-11-17/h2-8,17H,9-13H2,1H3,(H,24,27). The second kappa shape index (κ2) is 8.77. The lowest BCUT2D eigenvalue weighted by atomic mass is 10.1. The summed E-state index contributed by atoms with van der Waals surface area (Å²) in [5, 5.41) is 3.98. The van der Waals surface area contributed by atoms with Crippen molar-refractivity contribution in [1.82, 2.24) is 10.2 Å². The van der Waals surface area contributed by atoms with E-state index in [9.17, 15) is 9.59 Å². The van der Waals surface area contributed by atoms with E-state index in [2.05, 4.69) is 5.32 Å². The van der Waals surface area contributed by atoms with Gasteiger partial charge in [0, 0.05) is 31.6 Å². The molecule has 4 nitrogen and oxygen atoms in total. The quantitative estimate of drug-likeness (QED) is 0.739. The maximum absolute atomic E-state index is 12.4. The number of nitrogens with zero attached hydrogens (tertiary/aromatic N) is 1. The SMILES string of the molecule is CN(Cc1ccc(C(=O)NC2CC2)cc1)C(=O)CCc1cccc(Cl)c1Cl. The fourth-order valence-corrected chi connectivity index (χ4v) is 3.21. The fourth-order valence-electron chi connectivity index (χ4n) is 2.79. The van der Waals surface area contributed by atoms with Gasteiger partial charge in [0.2, 0.25) is 5.91 Å². The summed E-state index contributed by atoms with van der Waals surface area (Å²) in [6.07, 6.45) is 3.04. The lowest BCUT2D eigenvalue weighted by Gasteiger charge is -2.18. The van der Waals surface area contributed by atoms with Gasteiger partial charge in [-0.25, -0.2) is 0 Å². The molecular weight excluding hydrogens is 383 g/mol. The first-order valence-corrected chi connectivity index (χ1v) is 9.76. The van der Waals surface area contributed by atoms with Gasteiger partial charge in [0.1, 0.15) is 0 Å². The highest BCUT2D eigenvalue weighted by molar-refractivity contribution is 6.42. The van der Waals surface area contributed by atoms with Gasteiger partial charge < -0.3 is 10.2 Å². The smallest absolute Gasteiger partial charge is 0.251 e. The summed E-state index contributed by atoms with van der Waals surface area (Å²) in [6, 6.07) is 13.2. The van der Waals surface area contributed by atoms with Gasteiger partial charge in [-0.05, 0) is 48.6 Å². The van der Waals surface area contributed by atoms with Crippen molar-refractivity contribution >= 4 is 35.0 Å². The summed E-state index contributed by atoms with van der Waals surface area (Å²) in [6.45, 7) is 0.493. The van der Waals surface area contributed by atoms with Gasteiger partial charge in [0.15, 0.2) is 0 Å². The molecule has 0 heterocycles. The van der Waals surface area contributed by atoms with Crippen LogP contribution in [0.2, 0.25) is 10.0 Å². The summed E-state index contributed by atoms with van der Waals surface area (Å²) in [5.41, 5.74) is 2.50. The molecule has 1 aliphatic rings. The molecule has 0 aromatic heterocycles. The van der Waals surface area contributed by atoms with Gasteiger partial charge in [0.05, 0.1) is 10.0 Å². The van der Waals surface area contributed by atoms with Crippen molar-refractivity contribution in [2.75, 3.05) is 7.05 Å². The van der Waals surface area contributed by atoms with Crippen molar-refractivity contribution in [3.63, 3.8) is 0 Å². The number of carbonyl (C=O) groups is 2. The molecule has 0 radical (unpaired) electrons. The first kappa shape index (κ1) is 19.7. The Morgan fingerprint density at radius 1 is 1.11 bits per heavy atom. The largest absolute Gasteiger partial charge is 0.349 e. The molecular formula is C21H22Cl2N2O2. The van der Waals surface area contributed by atoms with E-state index in [-0.39, 0.29) is 11.8 Å². The average Bonchev–Trinajstić information content (AvgIpc) is 3.47. The minimum absolute atomic E-state index is 0.0293. The van der Waals surface area contributed by atoms with Crippen LogP contribution in [0.4, 0.5) is 0 Å². The summed E-state index contributed by atoms with van der Waals surface area (Å²) < 4.78 is 0. The molecule has 0 unspecified atom stereocenters. The minimum Gasteiger partial charge on any atom is -0.349 e. The average molecular weight is 405 g/mol. The number of amides is 2. The Labute approximate surface area is 169 Å². The van der Waals surface area contributed by atoms with Gasteiger partial charge in [-0.2, -0.15) is 0 Å². The van der Waals surface area contributed by atoms with E-state index < -0.39 is 0 Å². The molecule has 2 amide bonds. The normalized spacial score (nSPS) is 13.3. The lowest BCUT2D eigenvalue weighted by Crippen LogP contribution is -2.27. The second-order valence-electron chi connectivity index (χ2n) is 6.91. The molecule has 0 atom stereocenters. The Balaban J connectivity index is 1.51. The third-order valence-corrected chi connectivity index (χ3v) is 5.47. The highest BCUT2D eigenvalue weighted by Gasteiger charge is 2.23. The number of nitrogens with one attached hydrogen (secondary N) is 1. The van der Waals surface area contributed by atoms with Gasteiger partial charge in [-0.15, -0.1) is 0 Å². The number of rotatable bonds is 7. The zero-order chi connectivity index (χ0) is 19.4. The van der Waals surface area contributed by atoms with E-state index in [0.29, 0.717) is 41.0 Å². The van der Waals surface area contributed by atoms with E-state index >= 15 is 0 Å². The van der Waals surface area contributed by atoms with Crippen molar-refractivity contribution in [3.8, 4) is 0 Å². The molecule has 0 aliphatic heterocycles. The summed E-state index contributed by atoms with van der Waals surface area (Å²) in [5.74, 6) is -0.00604. The zero-order valence-electron chi connectivity index (χ0n) is 15.2. The maximum atomic E-state index is 12.4. The monoisotopic (exact) mass is 404 g/mol. The molecule has 1 aliphatic carbocycles. The third-order valence-electron chi connectivity index (χ3n) is 4.61. The van der Waals surface area contributed by atoms with Gasteiger partial charge >= 0.3 is 0 Å². The lowest BCUT2D eigenvalue weighted by molar-refractivity contribution is -0.130. The first-order valence-electron chi connectivity index (χ1n) is 9.00. The third kappa shape index (κ3) is 5.47. The molecule has 1 N–H and O–H groups in total. The van der Waals surface area contributed by atoms with Crippen molar-refractivity contribution in [2.24, 2.45) is 0 Å². The molecule has 27 heavy (non-hydrogen) atoms. The van der Waals surface area contributed by atoms with Crippen molar-refractivity contribution in [3.05, 3.63) is 69.2 Å². The van der Waals surface area contributed by atoms with Crippen LogP contribution in [-0.4, -0.2) is 29.8 Å². The molecule has 2 aromatic rings. The molecule has 1 saturated carbocycles. The summed E-state index contributed by atoms with van der Waals surface area (Å²) >= 11 is 12.2. The highest BCUT2D eigenvalue weighted by Crippen LogP contribution is 2.26. The number of aryl methyl sites for hydroxylation is 1. The number of halogens is 2. The van der Waals surface area contributed by atoms with E-state index in [1.54, 1.807) is 30.1 Å². The van der Waals surface area contributed by atoms with Gasteiger partial charge in [0.25, 0.3) is 5.91 Å². The predicted octanol–water partition coefficient (Wildman–Crippen LogP) is 4.48. The van der Waals surface area contributed by atoms with Gasteiger partial charge in [-0.3, -0.25) is 9.59 Å². The van der Waals surface area contributed by atoms with Crippen LogP contribution in [0, 0.1) is 0 Å². The van der Waals surface area contributed by atoms with E-state index in [4.69, 9.17) is 23.2 Å². The van der Waals surface area contributed by atoms with Crippen molar-refractivity contribution in [2.45, 2.75) is 38.3 Å². The zero-order valence-corrected chi connectivity index (χ0v) is 16.7. The van der Waals surface area contributed by atoms with Crippen LogP contribution in [0.25, 0.3) is 0 Å². The van der Waals surface area contributed by atoms with E-state index in [1.165, 1.54) is 0 Å². The Bertz CT molecular complexity index is 833. The Morgan fingerprint density at radius 3 is 2.48 bits per heavy atom. The van der Waals surface area contributed by atoms with Crippen LogP contribution < -0.4 is 5.32 Å².